The summed E-state index contributed by atoms with van der Waals surface area (Å²) in [7, 11) is 0. The van der Waals surface area contributed by atoms with Crippen molar-refractivity contribution in [1.82, 2.24) is 10.3 Å². The van der Waals surface area contributed by atoms with Gasteiger partial charge in [-0.25, -0.2) is 0 Å². The van der Waals surface area contributed by atoms with Crippen molar-refractivity contribution >= 4 is 23.4 Å². The molecule has 1 aliphatic carbocycles. The van der Waals surface area contributed by atoms with Gasteiger partial charge in [0.25, 0.3) is 5.91 Å². The van der Waals surface area contributed by atoms with Crippen LogP contribution in [0.5, 0.6) is 0 Å². The third kappa shape index (κ3) is 3.61. The molecule has 6 heteroatoms. The minimum Gasteiger partial charge on any atom is -0.349 e. The Morgan fingerprint density at radius 1 is 1.42 bits per heavy atom. The minimum atomic E-state index is -0.0806. The molecule has 1 heterocycles. The number of aromatic nitrogens is 1. The lowest BCUT2D eigenvalue weighted by Crippen LogP contribution is -2.38. The molecule has 104 valence electrons. The number of amides is 1. The Hall–Kier alpha value is -1.27. The average Bonchev–Trinajstić information content (AvgIpc) is 2.48. The van der Waals surface area contributed by atoms with Crippen molar-refractivity contribution in [2.24, 2.45) is 5.84 Å². The second-order valence-electron chi connectivity index (χ2n) is 4.75. The van der Waals surface area contributed by atoms with Crippen LogP contribution in [0.2, 0.25) is 0 Å². The van der Waals surface area contributed by atoms with E-state index >= 15 is 0 Å². The van der Waals surface area contributed by atoms with Crippen LogP contribution >= 0.6 is 11.8 Å². The summed E-state index contributed by atoms with van der Waals surface area (Å²) in [6.45, 7) is 0. The predicted molar refractivity (Wildman–Crippen MR) is 79.1 cm³/mol. The van der Waals surface area contributed by atoms with Crippen LogP contribution < -0.4 is 16.6 Å². The Morgan fingerprint density at radius 3 is 2.79 bits per heavy atom. The summed E-state index contributed by atoms with van der Waals surface area (Å²) >= 11 is 1.92. The van der Waals surface area contributed by atoms with Gasteiger partial charge >= 0.3 is 0 Å². The van der Waals surface area contributed by atoms with Crippen LogP contribution in [0.15, 0.2) is 18.5 Å². The quantitative estimate of drug-likeness (QED) is 0.578. The highest BCUT2D eigenvalue weighted by Gasteiger charge is 2.22. The number of nitrogen functional groups attached to an aromatic ring is 1. The number of rotatable bonds is 4. The number of nitrogens with two attached hydrogens (primary N) is 1. The minimum absolute atomic E-state index is 0.0806. The van der Waals surface area contributed by atoms with Gasteiger partial charge < -0.3 is 10.7 Å². The lowest BCUT2D eigenvalue weighted by molar-refractivity contribution is 0.0929. The van der Waals surface area contributed by atoms with Crippen LogP contribution in [0.4, 0.5) is 5.69 Å². The summed E-state index contributed by atoms with van der Waals surface area (Å²) in [5.41, 5.74) is 3.60. The van der Waals surface area contributed by atoms with Crippen molar-refractivity contribution in [3.05, 3.63) is 24.0 Å². The molecule has 2 rings (SSSR count). The summed E-state index contributed by atoms with van der Waals surface area (Å²) in [6, 6.07) is 1.95. The van der Waals surface area contributed by atoms with Crippen molar-refractivity contribution in [3.8, 4) is 0 Å². The predicted octanol–water partition coefficient (Wildman–Crippen LogP) is 1.77. The fourth-order valence-corrected chi connectivity index (χ4v) is 3.16. The van der Waals surface area contributed by atoms with Crippen LogP contribution in [-0.2, 0) is 0 Å². The number of pyridine rings is 1. The number of anilines is 1. The van der Waals surface area contributed by atoms with Gasteiger partial charge in [0.1, 0.15) is 0 Å². The molecule has 1 saturated carbocycles. The Balaban J connectivity index is 1.94. The topological polar surface area (TPSA) is 80.0 Å². The van der Waals surface area contributed by atoms with Crippen LogP contribution in [0.25, 0.3) is 0 Å². The van der Waals surface area contributed by atoms with Crippen molar-refractivity contribution in [3.63, 3.8) is 0 Å². The van der Waals surface area contributed by atoms with E-state index in [1.165, 1.54) is 12.8 Å². The van der Waals surface area contributed by atoms with E-state index in [1.54, 1.807) is 18.5 Å². The Morgan fingerprint density at radius 2 is 2.16 bits per heavy atom. The summed E-state index contributed by atoms with van der Waals surface area (Å²) in [6.07, 6.45) is 9.75. The summed E-state index contributed by atoms with van der Waals surface area (Å²) in [5, 5.41) is 3.83. The van der Waals surface area contributed by atoms with Gasteiger partial charge in [0, 0.05) is 17.5 Å². The Kier molecular flexibility index (Phi) is 5.04. The molecular weight excluding hydrogens is 260 g/mol. The number of hydrogen-bond donors (Lipinski definition) is 3. The molecule has 0 aliphatic heterocycles. The third-order valence-corrected chi connectivity index (χ3v) is 4.70. The number of hydrogen-bond acceptors (Lipinski definition) is 5. The standard InChI is InChI=1S/C13H20N4OS/c1-19-10-4-2-9(3-5-10)16-13(18)11-6-7-15-8-12(11)17-14/h6-10,17H,2-5,14H2,1H3,(H,16,18). The van der Waals surface area contributed by atoms with E-state index < -0.39 is 0 Å². The van der Waals surface area contributed by atoms with Gasteiger partial charge in [-0.3, -0.25) is 15.6 Å². The zero-order valence-electron chi connectivity index (χ0n) is 11.1. The van der Waals surface area contributed by atoms with Crippen LogP contribution in [0, 0.1) is 0 Å². The first-order valence-corrected chi connectivity index (χ1v) is 7.77. The number of carbonyl (C=O) groups excluding carboxylic acids is 1. The van der Waals surface area contributed by atoms with E-state index in [-0.39, 0.29) is 11.9 Å². The van der Waals surface area contributed by atoms with Gasteiger partial charge in [-0.05, 0) is 38.0 Å². The Labute approximate surface area is 117 Å². The van der Waals surface area contributed by atoms with Crippen LogP contribution in [0.3, 0.4) is 0 Å². The fourth-order valence-electron chi connectivity index (χ4n) is 2.41. The fraction of sp³-hybridized carbons (Fsp3) is 0.538. The SMILES string of the molecule is CSC1CCC(NC(=O)c2ccncc2NN)CC1. The average molecular weight is 280 g/mol. The van der Waals surface area contributed by atoms with Gasteiger partial charge in [-0.2, -0.15) is 11.8 Å². The van der Waals surface area contributed by atoms with E-state index in [0.29, 0.717) is 11.3 Å². The van der Waals surface area contributed by atoms with Crippen LogP contribution in [0.1, 0.15) is 36.0 Å². The highest BCUT2D eigenvalue weighted by atomic mass is 32.2. The number of hydrazine groups is 1. The van der Waals surface area contributed by atoms with Crippen molar-refractivity contribution < 1.29 is 4.79 Å². The molecule has 1 aromatic rings. The number of thioether (sulfide) groups is 1. The van der Waals surface area contributed by atoms with Gasteiger partial charge in [-0.15, -0.1) is 0 Å². The molecule has 0 atom stereocenters. The molecule has 0 saturated heterocycles. The van der Waals surface area contributed by atoms with Crippen molar-refractivity contribution in [2.75, 3.05) is 11.7 Å². The number of nitrogens with one attached hydrogen (secondary N) is 2. The third-order valence-electron chi connectivity index (χ3n) is 3.56. The molecule has 1 fully saturated rings. The molecule has 1 aromatic heterocycles. The van der Waals surface area contributed by atoms with Gasteiger partial charge in [0.05, 0.1) is 17.4 Å². The van der Waals surface area contributed by atoms with E-state index in [9.17, 15) is 4.79 Å². The summed E-state index contributed by atoms with van der Waals surface area (Å²) in [4.78, 5) is 16.1. The molecule has 0 aromatic carbocycles. The lowest BCUT2D eigenvalue weighted by Gasteiger charge is -2.28. The molecule has 0 radical (unpaired) electrons. The summed E-state index contributed by atoms with van der Waals surface area (Å²) in [5.74, 6) is 5.30. The monoisotopic (exact) mass is 280 g/mol. The largest absolute Gasteiger partial charge is 0.349 e. The molecular formula is C13H20N4OS. The van der Waals surface area contributed by atoms with Gasteiger partial charge in [0.15, 0.2) is 0 Å². The second-order valence-corrected chi connectivity index (χ2v) is 5.89. The smallest absolute Gasteiger partial charge is 0.253 e. The molecule has 0 unspecified atom stereocenters. The molecule has 1 amide bonds. The van der Waals surface area contributed by atoms with Gasteiger partial charge in [-0.1, -0.05) is 0 Å². The molecule has 0 bridgehead atoms. The van der Waals surface area contributed by atoms with Crippen molar-refractivity contribution in [1.29, 1.82) is 0 Å². The second kappa shape index (κ2) is 6.77. The van der Waals surface area contributed by atoms with E-state index in [1.807, 2.05) is 11.8 Å². The van der Waals surface area contributed by atoms with E-state index in [2.05, 4.69) is 22.0 Å². The zero-order chi connectivity index (χ0) is 13.7. The first kappa shape index (κ1) is 14.1. The lowest BCUT2D eigenvalue weighted by atomic mass is 9.94. The summed E-state index contributed by atoms with van der Waals surface area (Å²) < 4.78 is 0. The number of nitrogens with zero attached hydrogens (tertiary/aromatic N) is 1. The highest BCUT2D eigenvalue weighted by Crippen LogP contribution is 2.27. The molecule has 19 heavy (non-hydrogen) atoms. The number of carbonyl (C=O) groups is 1. The van der Waals surface area contributed by atoms with Gasteiger partial charge in [0.2, 0.25) is 0 Å². The van der Waals surface area contributed by atoms with Crippen LogP contribution in [-0.4, -0.2) is 28.4 Å². The normalized spacial score (nSPS) is 22.8. The maximum absolute atomic E-state index is 12.2. The molecule has 0 spiro atoms. The highest BCUT2D eigenvalue weighted by molar-refractivity contribution is 7.99. The molecule has 5 nitrogen and oxygen atoms in total. The van der Waals surface area contributed by atoms with Crippen molar-refractivity contribution in [2.45, 2.75) is 37.0 Å². The maximum Gasteiger partial charge on any atom is 0.253 e. The molecule has 1 aliphatic rings. The first-order valence-electron chi connectivity index (χ1n) is 6.49. The maximum atomic E-state index is 12.2. The van der Waals surface area contributed by atoms with E-state index in [4.69, 9.17) is 5.84 Å². The van der Waals surface area contributed by atoms with E-state index in [0.717, 1.165) is 18.1 Å². The molecule has 4 N–H and O–H groups in total. The Bertz CT molecular complexity index is 432. The zero-order valence-corrected chi connectivity index (χ0v) is 11.9. The first-order chi connectivity index (χ1) is 9.24.